The molecule has 2 atom stereocenters. The summed E-state index contributed by atoms with van der Waals surface area (Å²) in [6.07, 6.45) is 7.21. The van der Waals surface area contributed by atoms with Gasteiger partial charge >= 0.3 is 0 Å². The maximum Gasteiger partial charge on any atom is 0.235 e. The fourth-order valence-corrected chi connectivity index (χ4v) is 1.56. The third-order valence-electron chi connectivity index (χ3n) is 2.28. The van der Waals surface area contributed by atoms with Crippen LogP contribution in [-0.4, -0.2) is 18.2 Å². The van der Waals surface area contributed by atoms with E-state index in [4.69, 9.17) is 10.2 Å². The van der Waals surface area contributed by atoms with Gasteiger partial charge in [0, 0.05) is 0 Å². The van der Waals surface area contributed by atoms with Crippen molar-refractivity contribution in [1.29, 1.82) is 5.41 Å². The molecular formula is C9H14N2O2. The van der Waals surface area contributed by atoms with Gasteiger partial charge in [-0.2, -0.15) is 0 Å². The van der Waals surface area contributed by atoms with Crippen LogP contribution in [0.15, 0.2) is 4.99 Å². The summed E-state index contributed by atoms with van der Waals surface area (Å²) in [6, 6.07) is 0.270. The van der Waals surface area contributed by atoms with Crippen LogP contribution in [0.5, 0.6) is 0 Å². The lowest BCUT2D eigenvalue weighted by Gasteiger charge is -2.23. The van der Waals surface area contributed by atoms with Crippen LogP contribution in [0.1, 0.15) is 32.6 Å². The summed E-state index contributed by atoms with van der Waals surface area (Å²) >= 11 is 0. The lowest BCUT2D eigenvalue weighted by atomic mass is 9.86. The van der Waals surface area contributed by atoms with E-state index in [1.165, 1.54) is 19.3 Å². The fraction of sp³-hybridized carbons (Fsp3) is 0.778. The molecule has 13 heavy (non-hydrogen) atoms. The van der Waals surface area contributed by atoms with Crippen molar-refractivity contribution < 1.29 is 9.59 Å². The van der Waals surface area contributed by atoms with Crippen LogP contribution in [0.3, 0.4) is 0 Å². The number of hydrogen-bond acceptors (Lipinski definition) is 4. The highest BCUT2D eigenvalue weighted by Crippen LogP contribution is 2.25. The molecule has 2 unspecified atom stereocenters. The molecule has 0 aliphatic heterocycles. The van der Waals surface area contributed by atoms with E-state index < -0.39 is 0 Å². The van der Waals surface area contributed by atoms with Gasteiger partial charge in [0.1, 0.15) is 0 Å². The number of nitrogens with zero attached hydrogens (tertiary/aromatic N) is 1. The summed E-state index contributed by atoms with van der Waals surface area (Å²) < 4.78 is 0. The number of nitrogens with one attached hydrogen (secondary N) is 1. The van der Waals surface area contributed by atoms with Crippen molar-refractivity contribution in [3.05, 3.63) is 0 Å². The first kappa shape index (κ1) is 11.8. The lowest BCUT2D eigenvalue weighted by molar-refractivity contribution is 0.332. The summed E-state index contributed by atoms with van der Waals surface area (Å²) in [7, 11) is 0. The molecular weight excluding hydrogens is 168 g/mol. The van der Waals surface area contributed by atoms with Gasteiger partial charge in [0.2, 0.25) is 12.2 Å². The molecule has 1 aliphatic rings. The normalized spacial score (nSPS) is 25.9. The average Bonchev–Trinajstić information content (AvgIpc) is 2.11. The van der Waals surface area contributed by atoms with Crippen molar-refractivity contribution in [1.82, 2.24) is 0 Å². The van der Waals surface area contributed by atoms with Crippen LogP contribution in [0.2, 0.25) is 0 Å². The topological polar surface area (TPSA) is 70.3 Å². The summed E-state index contributed by atoms with van der Waals surface area (Å²) in [5, 5.41) is 5.40. The SMILES string of the molecule is CC1CCCCC1N=C=O.N=C=O. The van der Waals surface area contributed by atoms with E-state index in [1.54, 1.807) is 6.08 Å². The van der Waals surface area contributed by atoms with E-state index in [9.17, 15) is 4.79 Å². The maximum absolute atomic E-state index is 9.93. The van der Waals surface area contributed by atoms with Crippen molar-refractivity contribution in [2.75, 3.05) is 0 Å². The smallest absolute Gasteiger partial charge is 0.222 e. The molecule has 0 amide bonds. The first-order chi connectivity index (χ1) is 6.26. The summed E-state index contributed by atoms with van der Waals surface area (Å²) in [5.74, 6) is 0.593. The molecule has 1 saturated carbocycles. The van der Waals surface area contributed by atoms with Crippen molar-refractivity contribution in [3.63, 3.8) is 0 Å². The van der Waals surface area contributed by atoms with E-state index in [0.29, 0.717) is 5.92 Å². The van der Waals surface area contributed by atoms with Gasteiger partial charge in [-0.25, -0.2) is 20.0 Å². The van der Waals surface area contributed by atoms with Crippen LogP contribution in [-0.2, 0) is 9.59 Å². The maximum atomic E-state index is 9.93. The zero-order chi connectivity index (χ0) is 10.1. The molecule has 0 bridgehead atoms. The summed E-state index contributed by atoms with van der Waals surface area (Å²) in [6.45, 7) is 2.16. The van der Waals surface area contributed by atoms with Crippen LogP contribution < -0.4 is 0 Å². The highest BCUT2D eigenvalue weighted by molar-refractivity contribution is 5.33. The first-order valence-corrected chi connectivity index (χ1v) is 4.37. The van der Waals surface area contributed by atoms with Gasteiger partial charge in [-0.3, -0.25) is 0 Å². The monoisotopic (exact) mass is 182 g/mol. The van der Waals surface area contributed by atoms with Gasteiger partial charge in [-0.15, -0.1) is 0 Å². The minimum atomic E-state index is 0.270. The second-order valence-electron chi connectivity index (χ2n) is 3.15. The lowest BCUT2D eigenvalue weighted by Crippen LogP contribution is -2.19. The zero-order valence-electron chi connectivity index (χ0n) is 7.75. The Balaban J connectivity index is 0.000000424. The van der Waals surface area contributed by atoms with E-state index in [0.717, 1.165) is 12.5 Å². The molecule has 0 aromatic heterocycles. The number of aliphatic imine (C=N–C) groups is 1. The van der Waals surface area contributed by atoms with Gasteiger partial charge in [-0.1, -0.05) is 19.8 Å². The molecule has 1 rings (SSSR count). The van der Waals surface area contributed by atoms with Crippen LogP contribution >= 0.6 is 0 Å². The Hall–Kier alpha value is -1.24. The molecule has 0 radical (unpaired) electrons. The van der Waals surface area contributed by atoms with E-state index in [2.05, 4.69) is 11.9 Å². The highest BCUT2D eigenvalue weighted by Gasteiger charge is 2.19. The summed E-state index contributed by atoms with van der Waals surface area (Å²) in [5.41, 5.74) is 0. The second kappa shape index (κ2) is 7.41. The molecule has 0 aromatic carbocycles. The van der Waals surface area contributed by atoms with E-state index in [1.807, 2.05) is 0 Å². The van der Waals surface area contributed by atoms with Crippen molar-refractivity contribution in [2.24, 2.45) is 10.9 Å². The Bertz CT molecular complexity index is 216. The first-order valence-electron chi connectivity index (χ1n) is 4.37. The van der Waals surface area contributed by atoms with Gasteiger partial charge < -0.3 is 0 Å². The molecule has 0 aromatic rings. The molecule has 1 N–H and O–H groups in total. The Kier molecular flexibility index (Phi) is 6.70. The quantitative estimate of drug-likeness (QED) is 0.496. The Labute approximate surface area is 77.6 Å². The fourth-order valence-electron chi connectivity index (χ4n) is 1.56. The van der Waals surface area contributed by atoms with E-state index >= 15 is 0 Å². The Morgan fingerprint density at radius 3 is 2.31 bits per heavy atom. The molecule has 72 valence electrons. The summed E-state index contributed by atoms with van der Waals surface area (Å²) in [4.78, 5) is 22.0. The van der Waals surface area contributed by atoms with Gasteiger partial charge in [0.25, 0.3) is 0 Å². The molecule has 1 fully saturated rings. The molecule has 4 heteroatoms. The van der Waals surface area contributed by atoms with Crippen molar-refractivity contribution >= 4 is 12.2 Å². The number of carbonyl (C=O) groups excluding carboxylic acids is 2. The third-order valence-corrected chi connectivity index (χ3v) is 2.28. The zero-order valence-corrected chi connectivity index (χ0v) is 7.75. The Morgan fingerprint density at radius 1 is 1.31 bits per heavy atom. The average molecular weight is 182 g/mol. The molecule has 0 heterocycles. The highest BCUT2D eigenvalue weighted by atomic mass is 16.1. The van der Waals surface area contributed by atoms with E-state index in [-0.39, 0.29) is 6.04 Å². The standard InChI is InChI=1S/C8H13NO.CHNO/c1-7-4-2-3-5-8(7)9-6-10;2-1-3/h7-8H,2-5H2,1H3;2H. The predicted octanol–water partition coefficient (Wildman–Crippen LogP) is 1.80. The molecule has 0 saturated heterocycles. The number of hydrogen-bond donors (Lipinski definition) is 1. The van der Waals surface area contributed by atoms with Crippen molar-refractivity contribution in [2.45, 2.75) is 38.6 Å². The molecule has 0 spiro atoms. The van der Waals surface area contributed by atoms with Gasteiger partial charge in [-0.05, 0) is 18.8 Å². The molecule has 1 aliphatic carbocycles. The predicted molar refractivity (Wildman–Crippen MR) is 48.0 cm³/mol. The van der Waals surface area contributed by atoms with Crippen LogP contribution in [0.4, 0.5) is 0 Å². The van der Waals surface area contributed by atoms with Gasteiger partial charge in [0.05, 0.1) is 6.04 Å². The minimum Gasteiger partial charge on any atom is -0.222 e. The minimum absolute atomic E-state index is 0.270. The third kappa shape index (κ3) is 5.07. The number of isocyanates is 2. The molecule has 4 nitrogen and oxygen atoms in total. The largest absolute Gasteiger partial charge is 0.235 e. The van der Waals surface area contributed by atoms with Crippen LogP contribution in [0, 0.1) is 11.3 Å². The van der Waals surface area contributed by atoms with Crippen LogP contribution in [0.25, 0.3) is 0 Å². The van der Waals surface area contributed by atoms with Crippen molar-refractivity contribution in [3.8, 4) is 0 Å². The number of rotatable bonds is 1. The van der Waals surface area contributed by atoms with Gasteiger partial charge in [0.15, 0.2) is 0 Å². The Morgan fingerprint density at radius 2 is 1.85 bits per heavy atom. The second-order valence-corrected chi connectivity index (χ2v) is 3.15.